The number of nitrogen functional groups attached to an aromatic ring is 1. The first-order chi connectivity index (χ1) is 9.24. The van der Waals surface area contributed by atoms with Gasteiger partial charge in [-0.3, -0.25) is 0 Å². The first-order valence-corrected chi connectivity index (χ1v) is 6.12. The van der Waals surface area contributed by atoms with Gasteiger partial charge in [0.05, 0.1) is 12.4 Å². The molecule has 0 spiro atoms. The average Bonchev–Trinajstić information content (AvgIpc) is 2.81. The van der Waals surface area contributed by atoms with Crippen molar-refractivity contribution in [2.45, 2.75) is 10.2 Å². The minimum absolute atomic E-state index is 0.273. The van der Waals surface area contributed by atoms with Gasteiger partial charge >= 0.3 is 0 Å². The van der Waals surface area contributed by atoms with Crippen molar-refractivity contribution in [3.05, 3.63) is 36.3 Å². The van der Waals surface area contributed by atoms with E-state index in [4.69, 9.17) is 15.4 Å². The summed E-state index contributed by atoms with van der Waals surface area (Å²) < 4.78 is 5.55. The molecule has 7 heteroatoms. The fourth-order valence-electron chi connectivity index (χ4n) is 1.48. The van der Waals surface area contributed by atoms with Crippen LogP contribution in [0.3, 0.4) is 0 Å². The summed E-state index contributed by atoms with van der Waals surface area (Å²) in [6, 6.07) is 7.19. The van der Waals surface area contributed by atoms with Gasteiger partial charge in [-0.15, -0.1) is 0 Å². The molecule has 92 valence electrons. The first kappa shape index (κ1) is 11.5. The summed E-state index contributed by atoms with van der Waals surface area (Å²) in [4.78, 5) is 12.3. The molecule has 0 saturated carbocycles. The Labute approximate surface area is 112 Å². The summed E-state index contributed by atoms with van der Waals surface area (Å²) in [6.45, 7) is 0. The van der Waals surface area contributed by atoms with E-state index in [0.29, 0.717) is 21.5 Å². The van der Waals surface area contributed by atoms with Crippen LogP contribution in [0.5, 0.6) is 0 Å². The molecule has 0 unspecified atom stereocenters. The molecule has 2 aromatic heterocycles. The molecule has 1 aromatic carbocycles. The molecule has 2 heterocycles. The van der Waals surface area contributed by atoms with Crippen LogP contribution in [0.1, 0.15) is 5.69 Å². The third-order valence-electron chi connectivity index (χ3n) is 2.33. The molecule has 3 aromatic rings. The Balaban J connectivity index is 1.90. The van der Waals surface area contributed by atoms with Gasteiger partial charge in [0, 0.05) is 11.8 Å². The molecule has 0 amide bonds. The van der Waals surface area contributed by atoms with Gasteiger partial charge in [-0.1, -0.05) is 0 Å². The molecule has 0 fully saturated rings. The smallest absolute Gasteiger partial charge is 0.263 e. The van der Waals surface area contributed by atoms with E-state index in [1.54, 1.807) is 18.2 Å². The highest BCUT2D eigenvalue weighted by Gasteiger charge is 2.09. The molecule has 0 saturated heterocycles. The maximum absolute atomic E-state index is 8.64. The summed E-state index contributed by atoms with van der Waals surface area (Å²) in [5, 5.41) is 9.71. The Morgan fingerprint density at radius 3 is 2.89 bits per heavy atom. The van der Waals surface area contributed by atoms with Crippen molar-refractivity contribution in [2.24, 2.45) is 0 Å². The standard InChI is InChI=1S/C12H7N5OS/c13-4-8-5-16-11(6-15-8)19-12-17-9-2-1-7(14)3-10(9)18-12/h1-3,5-6H,14H2. The summed E-state index contributed by atoms with van der Waals surface area (Å²) in [5.74, 6) is 0. The predicted octanol–water partition coefficient (Wildman–Crippen LogP) is 2.22. The van der Waals surface area contributed by atoms with Gasteiger partial charge in [0.25, 0.3) is 5.22 Å². The van der Waals surface area contributed by atoms with Crippen LogP contribution >= 0.6 is 11.8 Å². The summed E-state index contributed by atoms with van der Waals surface area (Å²) >= 11 is 1.24. The van der Waals surface area contributed by atoms with Crippen molar-refractivity contribution in [3.63, 3.8) is 0 Å². The molecule has 0 bridgehead atoms. The van der Waals surface area contributed by atoms with Crippen molar-refractivity contribution in [1.29, 1.82) is 5.26 Å². The van der Waals surface area contributed by atoms with Crippen molar-refractivity contribution >= 4 is 28.5 Å². The molecule has 0 aliphatic carbocycles. The Kier molecular flexibility index (Phi) is 2.78. The number of nitriles is 1. The Bertz CT molecular complexity index is 775. The Morgan fingerprint density at radius 1 is 1.26 bits per heavy atom. The zero-order chi connectivity index (χ0) is 13.2. The zero-order valence-electron chi connectivity index (χ0n) is 9.57. The lowest BCUT2D eigenvalue weighted by atomic mass is 10.3. The van der Waals surface area contributed by atoms with Crippen molar-refractivity contribution < 1.29 is 4.42 Å². The quantitative estimate of drug-likeness (QED) is 0.711. The maximum Gasteiger partial charge on any atom is 0.263 e. The van der Waals surface area contributed by atoms with Gasteiger partial charge in [-0.25, -0.2) is 15.0 Å². The molecule has 2 N–H and O–H groups in total. The van der Waals surface area contributed by atoms with Gasteiger partial charge in [0.15, 0.2) is 11.3 Å². The molecule has 19 heavy (non-hydrogen) atoms. The molecular weight excluding hydrogens is 262 g/mol. The number of benzene rings is 1. The second-order valence-corrected chi connectivity index (χ2v) is 4.63. The highest BCUT2D eigenvalue weighted by atomic mass is 32.2. The van der Waals surface area contributed by atoms with Crippen LogP contribution in [-0.2, 0) is 0 Å². The number of rotatable bonds is 2. The maximum atomic E-state index is 8.64. The molecule has 6 nitrogen and oxygen atoms in total. The van der Waals surface area contributed by atoms with Crippen molar-refractivity contribution in [3.8, 4) is 6.07 Å². The van der Waals surface area contributed by atoms with Crippen LogP contribution in [0.2, 0.25) is 0 Å². The third kappa shape index (κ3) is 2.34. The largest absolute Gasteiger partial charge is 0.431 e. The summed E-state index contributed by atoms with van der Waals surface area (Å²) in [5.41, 5.74) is 7.93. The van der Waals surface area contributed by atoms with E-state index in [9.17, 15) is 0 Å². The minimum atomic E-state index is 0.273. The van der Waals surface area contributed by atoms with Gasteiger partial charge in [-0.2, -0.15) is 5.26 Å². The number of anilines is 1. The first-order valence-electron chi connectivity index (χ1n) is 5.30. The normalized spacial score (nSPS) is 10.5. The van der Waals surface area contributed by atoms with E-state index >= 15 is 0 Å². The van der Waals surface area contributed by atoms with Crippen LogP contribution in [0.15, 0.2) is 45.3 Å². The number of hydrogen-bond acceptors (Lipinski definition) is 7. The van der Waals surface area contributed by atoms with E-state index in [-0.39, 0.29) is 5.69 Å². The number of hydrogen-bond donors (Lipinski definition) is 1. The Morgan fingerprint density at radius 2 is 2.16 bits per heavy atom. The lowest BCUT2D eigenvalue weighted by molar-refractivity contribution is 0.489. The Hall–Kier alpha value is -2.59. The van der Waals surface area contributed by atoms with E-state index < -0.39 is 0 Å². The zero-order valence-corrected chi connectivity index (χ0v) is 10.4. The second-order valence-electron chi connectivity index (χ2n) is 3.66. The second kappa shape index (κ2) is 4.59. The summed E-state index contributed by atoms with van der Waals surface area (Å²) in [6.07, 6.45) is 2.91. The number of fused-ring (bicyclic) bond motifs is 1. The van der Waals surface area contributed by atoms with Crippen LogP contribution in [-0.4, -0.2) is 15.0 Å². The van der Waals surface area contributed by atoms with E-state index in [1.165, 1.54) is 24.2 Å². The number of nitrogens with two attached hydrogens (primary N) is 1. The fraction of sp³-hybridized carbons (Fsp3) is 0. The van der Waals surface area contributed by atoms with Crippen molar-refractivity contribution in [1.82, 2.24) is 15.0 Å². The van der Waals surface area contributed by atoms with E-state index in [2.05, 4.69) is 15.0 Å². The van der Waals surface area contributed by atoms with Crippen LogP contribution < -0.4 is 5.73 Å². The van der Waals surface area contributed by atoms with Crippen LogP contribution in [0, 0.1) is 11.3 Å². The molecule has 0 radical (unpaired) electrons. The molecule has 0 aliphatic heterocycles. The lowest BCUT2D eigenvalue weighted by Crippen LogP contribution is -1.86. The minimum Gasteiger partial charge on any atom is -0.431 e. The average molecular weight is 269 g/mol. The number of oxazole rings is 1. The SMILES string of the molecule is N#Cc1cnc(Sc2nc3ccc(N)cc3o2)cn1. The fourth-order valence-corrected chi connectivity index (χ4v) is 2.14. The van der Waals surface area contributed by atoms with Crippen LogP contribution in [0.25, 0.3) is 11.1 Å². The summed E-state index contributed by atoms with van der Waals surface area (Å²) in [7, 11) is 0. The molecule has 0 atom stereocenters. The number of aromatic nitrogens is 3. The highest BCUT2D eigenvalue weighted by Crippen LogP contribution is 2.28. The van der Waals surface area contributed by atoms with Gasteiger partial charge < -0.3 is 10.2 Å². The monoisotopic (exact) mass is 269 g/mol. The third-order valence-corrected chi connectivity index (χ3v) is 3.10. The van der Waals surface area contributed by atoms with Crippen LogP contribution in [0.4, 0.5) is 5.69 Å². The van der Waals surface area contributed by atoms with Gasteiger partial charge in [-0.05, 0) is 23.9 Å². The van der Waals surface area contributed by atoms with Crippen molar-refractivity contribution in [2.75, 3.05) is 5.73 Å². The number of nitrogens with zero attached hydrogens (tertiary/aromatic N) is 4. The molecule has 3 rings (SSSR count). The highest BCUT2D eigenvalue weighted by molar-refractivity contribution is 7.99. The predicted molar refractivity (Wildman–Crippen MR) is 69.3 cm³/mol. The van der Waals surface area contributed by atoms with Gasteiger partial charge in [0.1, 0.15) is 16.6 Å². The van der Waals surface area contributed by atoms with Gasteiger partial charge in [0.2, 0.25) is 0 Å². The molecular formula is C12H7N5OS. The topological polar surface area (TPSA) is 102 Å². The molecule has 0 aliphatic rings. The van der Waals surface area contributed by atoms with E-state index in [0.717, 1.165) is 5.52 Å². The van der Waals surface area contributed by atoms with E-state index in [1.807, 2.05) is 6.07 Å². The lowest BCUT2D eigenvalue weighted by Gasteiger charge is -1.94.